The average molecular weight is 334 g/mol. The van der Waals surface area contributed by atoms with Crippen LogP contribution >= 0.6 is 23.7 Å². The summed E-state index contributed by atoms with van der Waals surface area (Å²) in [7, 11) is 4.39. The molecule has 0 spiro atoms. The summed E-state index contributed by atoms with van der Waals surface area (Å²) in [5, 5.41) is 3.71. The predicted molar refractivity (Wildman–Crippen MR) is 100 cm³/mol. The van der Waals surface area contributed by atoms with Crippen LogP contribution in [0.3, 0.4) is 0 Å². The van der Waals surface area contributed by atoms with Gasteiger partial charge in [-0.1, -0.05) is 12.1 Å². The van der Waals surface area contributed by atoms with E-state index in [-0.39, 0.29) is 12.4 Å². The van der Waals surface area contributed by atoms with Gasteiger partial charge in [0, 0.05) is 11.2 Å². The zero-order valence-electron chi connectivity index (χ0n) is 13.6. The highest BCUT2D eigenvalue weighted by Gasteiger charge is 2.39. The van der Waals surface area contributed by atoms with Crippen molar-refractivity contribution in [1.29, 1.82) is 0 Å². The summed E-state index contributed by atoms with van der Waals surface area (Å²) in [5.74, 6) is 1.68. The van der Waals surface area contributed by atoms with Crippen LogP contribution in [0.25, 0.3) is 15.7 Å². The molecule has 0 radical (unpaired) electrons. The first kappa shape index (κ1) is 16.0. The van der Waals surface area contributed by atoms with Crippen molar-refractivity contribution >= 4 is 39.4 Å². The molecule has 1 aromatic carbocycles. The SMILES string of the molecule is Cc1csc2cc(C3=C(CN(C)C)C4CCC3C4)ccc12.Cl. The van der Waals surface area contributed by atoms with Crippen LogP contribution in [0.15, 0.2) is 29.2 Å². The minimum absolute atomic E-state index is 0. The van der Waals surface area contributed by atoms with Crippen molar-refractivity contribution in [3.8, 4) is 0 Å². The van der Waals surface area contributed by atoms with E-state index in [4.69, 9.17) is 0 Å². The maximum absolute atomic E-state index is 2.44. The summed E-state index contributed by atoms with van der Waals surface area (Å²) in [4.78, 5) is 2.34. The minimum Gasteiger partial charge on any atom is -0.305 e. The first-order chi connectivity index (χ1) is 10.1. The molecule has 2 unspecified atom stereocenters. The molecule has 0 aliphatic heterocycles. The fourth-order valence-electron chi connectivity index (χ4n) is 4.35. The zero-order valence-corrected chi connectivity index (χ0v) is 15.2. The van der Waals surface area contributed by atoms with Crippen LogP contribution in [0.4, 0.5) is 0 Å². The van der Waals surface area contributed by atoms with Crippen LogP contribution in [0.2, 0.25) is 0 Å². The second kappa shape index (κ2) is 5.99. The molecule has 118 valence electrons. The van der Waals surface area contributed by atoms with E-state index < -0.39 is 0 Å². The number of aryl methyl sites for hydroxylation is 1. The summed E-state index contributed by atoms with van der Waals surface area (Å²) < 4.78 is 1.45. The number of rotatable bonds is 3. The Labute approximate surface area is 143 Å². The lowest BCUT2D eigenvalue weighted by molar-refractivity contribution is 0.423. The molecule has 2 aliphatic rings. The second-order valence-electron chi connectivity index (χ2n) is 7.01. The highest BCUT2D eigenvalue weighted by atomic mass is 35.5. The molecule has 1 nitrogen and oxygen atoms in total. The molecule has 2 aliphatic carbocycles. The summed E-state index contributed by atoms with van der Waals surface area (Å²) in [5.41, 5.74) is 6.32. The molecular formula is C19H24ClNS. The van der Waals surface area contributed by atoms with Crippen molar-refractivity contribution in [1.82, 2.24) is 4.90 Å². The Bertz CT molecular complexity index is 728. The molecule has 22 heavy (non-hydrogen) atoms. The third kappa shape index (κ3) is 2.51. The van der Waals surface area contributed by atoms with E-state index in [1.54, 1.807) is 11.1 Å². The fourth-order valence-corrected chi connectivity index (χ4v) is 5.33. The van der Waals surface area contributed by atoms with Gasteiger partial charge in [0.05, 0.1) is 0 Å². The third-order valence-electron chi connectivity index (χ3n) is 5.25. The maximum atomic E-state index is 2.44. The van der Waals surface area contributed by atoms with Gasteiger partial charge in [0.15, 0.2) is 0 Å². The van der Waals surface area contributed by atoms with E-state index in [1.165, 1.54) is 40.5 Å². The summed E-state index contributed by atoms with van der Waals surface area (Å²) >= 11 is 1.89. The maximum Gasteiger partial charge on any atom is 0.0351 e. The van der Waals surface area contributed by atoms with Gasteiger partial charge in [0.2, 0.25) is 0 Å². The van der Waals surface area contributed by atoms with Gasteiger partial charge in [-0.05, 0) is 91.2 Å². The van der Waals surface area contributed by atoms with Crippen LogP contribution in [-0.4, -0.2) is 25.5 Å². The highest BCUT2D eigenvalue weighted by molar-refractivity contribution is 7.17. The molecule has 0 N–H and O–H groups in total. The number of likely N-dealkylation sites (N-methyl/N-ethyl adjacent to an activating group) is 1. The molecule has 1 saturated carbocycles. The van der Waals surface area contributed by atoms with E-state index in [0.29, 0.717) is 0 Å². The van der Waals surface area contributed by atoms with Gasteiger partial charge in [-0.2, -0.15) is 0 Å². The molecule has 3 heteroatoms. The molecule has 0 saturated heterocycles. The van der Waals surface area contributed by atoms with Crippen molar-refractivity contribution in [3.05, 3.63) is 40.3 Å². The van der Waals surface area contributed by atoms with Gasteiger partial charge in [-0.25, -0.2) is 0 Å². The number of allylic oxidation sites excluding steroid dienone is 1. The Balaban J connectivity index is 0.00000144. The van der Waals surface area contributed by atoms with Crippen molar-refractivity contribution < 1.29 is 0 Å². The van der Waals surface area contributed by atoms with Crippen LogP contribution < -0.4 is 0 Å². The molecule has 4 rings (SSSR count). The first-order valence-corrected chi connectivity index (χ1v) is 8.87. The van der Waals surface area contributed by atoms with Crippen LogP contribution in [0, 0.1) is 18.8 Å². The normalized spacial score (nSPS) is 23.6. The standard InChI is InChI=1S/C19H23NS.ClH/c1-12-11-21-18-9-15(6-7-16(12)18)19-14-5-4-13(8-14)17(19)10-20(2)3;/h6-7,9,11,13-14H,4-5,8,10H2,1-3H3;1H. The van der Waals surface area contributed by atoms with Gasteiger partial charge in [0.25, 0.3) is 0 Å². The lowest BCUT2D eigenvalue weighted by Crippen LogP contribution is -2.19. The molecular weight excluding hydrogens is 310 g/mol. The molecule has 1 heterocycles. The third-order valence-corrected chi connectivity index (χ3v) is 6.31. The molecule has 0 amide bonds. The van der Waals surface area contributed by atoms with Crippen molar-refractivity contribution in [2.24, 2.45) is 11.8 Å². The van der Waals surface area contributed by atoms with Gasteiger partial charge in [0.1, 0.15) is 0 Å². The Morgan fingerprint density at radius 1 is 1.18 bits per heavy atom. The number of hydrogen-bond acceptors (Lipinski definition) is 2. The zero-order chi connectivity index (χ0) is 14.6. The largest absolute Gasteiger partial charge is 0.305 e. The summed E-state index contributed by atoms with van der Waals surface area (Å²) in [6.45, 7) is 3.35. The van der Waals surface area contributed by atoms with E-state index >= 15 is 0 Å². The van der Waals surface area contributed by atoms with Gasteiger partial charge in [-0.15, -0.1) is 23.7 Å². The number of halogens is 1. The van der Waals surface area contributed by atoms with Crippen LogP contribution in [0.1, 0.15) is 30.4 Å². The second-order valence-corrected chi connectivity index (χ2v) is 7.92. The van der Waals surface area contributed by atoms with Crippen LogP contribution in [0.5, 0.6) is 0 Å². The number of thiophene rings is 1. The number of fused-ring (bicyclic) bond motifs is 3. The van der Waals surface area contributed by atoms with Gasteiger partial charge in [-0.3, -0.25) is 0 Å². The molecule has 2 bridgehead atoms. The Morgan fingerprint density at radius 2 is 1.95 bits per heavy atom. The van der Waals surface area contributed by atoms with E-state index in [1.807, 2.05) is 11.3 Å². The van der Waals surface area contributed by atoms with Crippen LogP contribution in [-0.2, 0) is 0 Å². The van der Waals surface area contributed by atoms with E-state index in [0.717, 1.165) is 18.4 Å². The van der Waals surface area contributed by atoms with Crippen molar-refractivity contribution in [2.45, 2.75) is 26.2 Å². The average Bonchev–Trinajstić information content (AvgIpc) is 3.13. The minimum atomic E-state index is 0. The summed E-state index contributed by atoms with van der Waals surface area (Å²) in [6, 6.07) is 7.15. The smallest absolute Gasteiger partial charge is 0.0351 e. The summed E-state index contributed by atoms with van der Waals surface area (Å²) in [6.07, 6.45) is 4.22. The van der Waals surface area contributed by atoms with Gasteiger partial charge >= 0.3 is 0 Å². The quantitative estimate of drug-likeness (QED) is 0.729. The molecule has 1 fully saturated rings. The van der Waals surface area contributed by atoms with E-state index in [9.17, 15) is 0 Å². The van der Waals surface area contributed by atoms with Gasteiger partial charge < -0.3 is 4.90 Å². The first-order valence-electron chi connectivity index (χ1n) is 7.99. The Morgan fingerprint density at radius 3 is 2.73 bits per heavy atom. The lowest BCUT2D eigenvalue weighted by atomic mass is 9.87. The monoisotopic (exact) mass is 333 g/mol. The number of nitrogens with zero attached hydrogens (tertiary/aromatic N) is 1. The topological polar surface area (TPSA) is 3.24 Å². The molecule has 2 atom stereocenters. The lowest BCUT2D eigenvalue weighted by Gasteiger charge is -2.23. The highest BCUT2D eigenvalue weighted by Crippen LogP contribution is 2.52. The number of benzene rings is 1. The Hall–Kier alpha value is -0.830. The van der Waals surface area contributed by atoms with Crippen molar-refractivity contribution in [2.75, 3.05) is 20.6 Å². The predicted octanol–water partition coefficient (Wildman–Crippen LogP) is 5.38. The Kier molecular flexibility index (Phi) is 4.37. The van der Waals surface area contributed by atoms with E-state index in [2.05, 4.69) is 49.5 Å². The van der Waals surface area contributed by atoms with Crippen molar-refractivity contribution in [3.63, 3.8) is 0 Å². The molecule has 1 aromatic heterocycles. The molecule has 2 aromatic rings. The number of hydrogen-bond donors (Lipinski definition) is 0. The fraction of sp³-hybridized carbons (Fsp3) is 0.474.